The van der Waals surface area contributed by atoms with Gasteiger partial charge in [-0.15, -0.1) is 0 Å². The zero-order chi connectivity index (χ0) is 23.1. The van der Waals surface area contributed by atoms with Gasteiger partial charge < -0.3 is 9.47 Å². The average molecular weight is 431 g/mol. The van der Waals surface area contributed by atoms with Crippen LogP contribution in [0.25, 0.3) is 11.1 Å². The molecule has 1 aliphatic carbocycles. The van der Waals surface area contributed by atoms with Crippen LogP contribution in [0.5, 0.6) is 5.75 Å². The monoisotopic (exact) mass is 430 g/mol. The van der Waals surface area contributed by atoms with Crippen molar-refractivity contribution in [2.45, 2.75) is 58.8 Å². The third-order valence-electron chi connectivity index (χ3n) is 7.02. The maximum absolute atomic E-state index is 11.7. The van der Waals surface area contributed by atoms with Gasteiger partial charge in [-0.3, -0.25) is 0 Å². The van der Waals surface area contributed by atoms with Crippen LogP contribution in [0.1, 0.15) is 57.7 Å². The number of hydrogen-bond donors (Lipinski definition) is 0. The van der Waals surface area contributed by atoms with Crippen molar-refractivity contribution < 1.29 is 14.3 Å². The van der Waals surface area contributed by atoms with E-state index in [4.69, 9.17) is 9.47 Å². The van der Waals surface area contributed by atoms with Gasteiger partial charge in [0.05, 0.1) is 13.2 Å². The number of rotatable bonds is 6. The van der Waals surface area contributed by atoms with Crippen molar-refractivity contribution in [3.8, 4) is 16.9 Å². The maximum atomic E-state index is 11.7. The van der Waals surface area contributed by atoms with E-state index < -0.39 is 0 Å². The number of carbonyl (C=O) groups is 1. The summed E-state index contributed by atoms with van der Waals surface area (Å²) in [7, 11) is 0. The predicted octanol–water partition coefficient (Wildman–Crippen LogP) is 6.68. The van der Waals surface area contributed by atoms with Gasteiger partial charge in [-0.25, -0.2) is 4.79 Å². The van der Waals surface area contributed by atoms with Gasteiger partial charge in [0.25, 0.3) is 0 Å². The smallest absolute Gasteiger partial charge is 0.330 e. The normalized spacial score (nSPS) is 23.7. The second kappa shape index (κ2) is 8.27. The van der Waals surface area contributed by atoms with Crippen molar-refractivity contribution in [2.75, 3.05) is 13.2 Å². The van der Waals surface area contributed by atoms with Gasteiger partial charge >= 0.3 is 5.97 Å². The minimum atomic E-state index is -0.281. The Bertz CT molecular complexity index is 1110. The van der Waals surface area contributed by atoms with E-state index in [-0.39, 0.29) is 16.8 Å². The van der Waals surface area contributed by atoms with Gasteiger partial charge in [-0.05, 0) is 66.9 Å². The molecule has 2 aromatic carbocycles. The van der Waals surface area contributed by atoms with Crippen LogP contribution in [0.15, 0.2) is 60.2 Å². The number of fused-ring (bicyclic) bond motifs is 1. The van der Waals surface area contributed by atoms with Crippen LogP contribution in [-0.2, 0) is 20.4 Å². The number of ether oxygens (including phenoxy) is 2. The first-order chi connectivity index (χ1) is 15.2. The van der Waals surface area contributed by atoms with E-state index in [1.54, 1.807) is 6.08 Å². The highest BCUT2D eigenvalue weighted by Gasteiger charge is 2.50. The molecule has 2 atom stereocenters. The van der Waals surface area contributed by atoms with Gasteiger partial charge in [-0.2, -0.15) is 0 Å². The summed E-state index contributed by atoms with van der Waals surface area (Å²) in [5.74, 6) is 1.20. The molecule has 2 aromatic rings. The average Bonchev–Trinajstić information content (AvgIpc) is 3.31. The minimum absolute atomic E-state index is 0.00166. The fraction of sp³-hybridized carbons (Fsp3) is 0.414. The summed E-state index contributed by atoms with van der Waals surface area (Å²) in [5, 5.41) is 0. The van der Waals surface area contributed by atoms with Crippen LogP contribution in [0.4, 0.5) is 0 Å². The Balaban J connectivity index is 1.68. The van der Waals surface area contributed by atoms with Crippen molar-refractivity contribution >= 4 is 5.97 Å². The topological polar surface area (TPSA) is 35.5 Å². The van der Waals surface area contributed by atoms with Crippen molar-refractivity contribution in [3.63, 3.8) is 0 Å². The van der Waals surface area contributed by atoms with Gasteiger partial charge in [0.1, 0.15) is 5.75 Å². The van der Waals surface area contributed by atoms with Gasteiger partial charge in [0, 0.05) is 22.6 Å². The summed E-state index contributed by atoms with van der Waals surface area (Å²) in [5.41, 5.74) is 7.39. The molecule has 2 aliphatic rings. The molecule has 1 saturated carbocycles. The van der Waals surface area contributed by atoms with Gasteiger partial charge in [0.2, 0.25) is 0 Å². The molecule has 0 unspecified atom stereocenters. The molecule has 0 bridgehead atoms. The fourth-order valence-corrected chi connectivity index (χ4v) is 4.72. The molecule has 4 rings (SSSR count). The van der Waals surface area contributed by atoms with Gasteiger partial charge in [-0.1, -0.05) is 63.3 Å². The summed E-state index contributed by atoms with van der Waals surface area (Å²) >= 11 is 0. The Labute approximate surface area is 192 Å². The SMILES string of the molecule is CCOC(=O)/C=C(C)/C=C/[C@@H]1C[C@]1(C)c1cc(-c2ccccc2C)c2c(c1)C(C)(C)CO2. The van der Waals surface area contributed by atoms with Crippen molar-refractivity contribution in [1.82, 2.24) is 0 Å². The number of hydrogen-bond acceptors (Lipinski definition) is 3. The highest BCUT2D eigenvalue weighted by Crippen LogP contribution is 2.57. The molecule has 168 valence electrons. The first kappa shape index (κ1) is 22.4. The fourth-order valence-electron chi connectivity index (χ4n) is 4.72. The Morgan fingerprint density at radius 2 is 1.94 bits per heavy atom. The van der Waals surface area contributed by atoms with E-state index in [1.807, 2.05) is 13.8 Å². The largest absolute Gasteiger partial charge is 0.492 e. The Morgan fingerprint density at radius 1 is 1.19 bits per heavy atom. The molecule has 0 aromatic heterocycles. The molecular formula is C29H34O3. The zero-order valence-corrected chi connectivity index (χ0v) is 20.1. The summed E-state index contributed by atoms with van der Waals surface area (Å²) in [4.78, 5) is 11.7. The quantitative estimate of drug-likeness (QED) is 0.291. The summed E-state index contributed by atoms with van der Waals surface area (Å²) in [6, 6.07) is 13.3. The van der Waals surface area contributed by atoms with E-state index >= 15 is 0 Å². The maximum Gasteiger partial charge on any atom is 0.330 e. The molecule has 0 radical (unpaired) electrons. The van der Waals surface area contributed by atoms with Crippen LogP contribution in [0.2, 0.25) is 0 Å². The number of esters is 1. The van der Waals surface area contributed by atoms with E-state index in [0.717, 1.165) is 17.7 Å². The Kier molecular flexibility index (Phi) is 5.79. The van der Waals surface area contributed by atoms with E-state index in [1.165, 1.54) is 27.8 Å². The predicted molar refractivity (Wildman–Crippen MR) is 130 cm³/mol. The van der Waals surface area contributed by atoms with E-state index in [0.29, 0.717) is 19.1 Å². The molecule has 32 heavy (non-hydrogen) atoms. The van der Waals surface area contributed by atoms with E-state index in [2.05, 4.69) is 76.2 Å². The van der Waals surface area contributed by atoms with Gasteiger partial charge in [0.15, 0.2) is 0 Å². The molecule has 3 nitrogen and oxygen atoms in total. The lowest BCUT2D eigenvalue weighted by atomic mass is 9.81. The van der Waals surface area contributed by atoms with Crippen molar-refractivity contribution in [2.24, 2.45) is 5.92 Å². The lowest BCUT2D eigenvalue weighted by molar-refractivity contribution is -0.137. The third-order valence-corrected chi connectivity index (χ3v) is 7.02. The first-order valence-electron chi connectivity index (χ1n) is 11.6. The van der Waals surface area contributed by atoms with Crippen LogP contribution in [0.3, 0.4) is 0 Å². The second-order valence-corrected chi connectivity index (χ2v) is 10.1. The highest BCUT2D eigenvalue weighted by molar-refractivity contribution is 5.83. The summed E-state index contributed by atoms with van der Waals surface area (Å²) < 4.78 is 11.3. The molecule has 3 heteroatoms. The highest BCUT2D eigenvalue weighted by atomic mass is 16.5. The summed E-state index contributed by atoms with van der Waals surface area (Å²) in [6.45, 7) is 13.9. The Hall–Kier alpha value is -2.81. The van der Waals surface area contributed by atoms with Crippen molar-refractivity contribution in [3.05, 3.63) is 76.9 Å². The molecule has 0 spiro atoms. The molecular weight excluding hydrogens is 396 g/mol. The number of allylic oxidation sites excluding steroid dienone is 3. The molecule has 1 aliphatic heterocycles. The summed E-state index contributed by atoms with van der Waals surface area (Å²) in [6.07, 6.45) is 6.96. The van der Waals surface area contributed by atoms with Crippen LogP contribution < -0.4 is 4.74 Å². The van der Waals surface area contributed by atoms with Crippen LogP contribution in [-0.4, -0.2) is 19.2 Å². The van der Waals surface area contributed by atoms with E-state index in [9.17, 15) is 4.79 Å². The second-order valence-electron chi connectivity index (χ2n) is 10.1. The number of benzene rings is 2. The molecule has 0 amide bonds. The Morgan fingerprint density at radius 3 is 2.66 bits per heavy atom. The lowest BCUT2D eigenvalue weighted by Crippen LogP contribution is -2.18. The minimum Gasteiger partial charge on any atom is -0.492 e. The number of carbonyl (C=O) groups excluding carboxylic acids is 1. The lowest BCUT2D eigenvalue weighted by Gasteiger charge is -2.21. The third kappa shape index (κ3) is 4.13. The molecule has 0 N–H and O–H groups in total. The standard InChI is InChI=1S/C29H34O3/c1-7-31-26(30)14-19(2)12-13-21-17-29(21,6)22-15-24(23-11-9-8-10-20(23)3)27-25(16-22)28(4,5)18-32-27/h8-16,21H,7,17-18H2,1-6H3/b13-12+,19-14+/t21-,29+/m1/s1. The van der Waals surface area contributed by atoms with Crippen LogP contribution in [0, 0.1) is 12.8 Å². The zero-order valence-electron chi connectivity index (χ0n) is 20.1. The molecule has 0 saturated heterocycles. The number of aryl methyl sites for hydroxylation is 1. The molecule has 1 fully saturated rings. The van der Waals surface area contributed by atoms with Crippen molar-refractivity contribution in [1.29, 1.82) is 0 Å². The first-order valence-corrected chi connectivity index (χ1v) is 11.6. The van der Waals surface area contributed by atoms with Crippen LogP contribution >= 0.6 is 0 Å². The molecule has 1 heterocycles.